The van der Waals surface area contributed by atoms with E-state index in [2.05, 4.69) is 10.2 Å². The molecule has 194 valence electrons. The first-order valence-electron chi connectivity index (χ1n) is 12.4. The van der Waals surface area contributed by atoms with Crippen LogP contribution in [0.2, 0.25) is 0 Å². The Hall–Kier alpha value is -3.24. The van der Waals surface area contributed by atoms with E-state index in [1.54, 1.807) is 17.0 Å². The van der Waals surface area contributed by atoms with Gasteiger partial charge in [-0.05, 0) is 43.7 Å². The van der Waals surface area contributed by atoms with Gasteiger partial charge in [-0.2, -0.15) is 5.10 Å². The standard InChI is InChI=1S/C26H35FN6O3/c1-19(2)28-26(35)32(12-11-31-13-15-36-16-14-31)18-25(34)33-24(20-6-8-21(27)9-7-20)17-22(29-33)23-5-4-10-30(23)3/h4-10,19,24H,11-18H2,1-3H3,(H,28,35)/t24-/m0/s1. The van der Waals surface area contributed by atoms with Gasteiger partial charge in [-0.25, -0.2) is 14.2 Å². The fourth-order valence-corrected chi connectivity index (χ4v) is 4.51. The van der Waals surface area contributed by atoms with Crippen LogP contribution in [0.15, 0.2) is 47.7 Å². The van der Waals surface area contributed by atoms with Crippen molar-refractivity contribution in [3.05, 3.63) is 59.7 Å². The Morgan fingerprint density at radius 1 is 1.19 bits per heavy atom. The smallest absolute Gasteiger partial charge is 0.318 e. The lowest BCUT2D eigenvalue weighted by molar-refractivity contribution is -0.133. The second-order valence-corrected chi connectivity index (χ2v) is 9.54. The van der Waals surface area contributed by atoms with Crippen LogP contribution in [0.5, 0.6) is 0 Å². The Morgan fingerprint density at radius 2 is 1.92 bits per heavy atom. The lowest BCUT2D eigenvalue weighted by atomic mass is 10.0. The predicted octanol–water partition coefficient (Wildman–Crippen LogP) is 2.59. The van der Waals surface area contributed by atoms with Gasteiger partial charge in [0.2, 0.25) is 0 Å². The quantitative estimate of drug-likeness (QED) is 0.607. The molecule has 2 aliphatic heterocycles. The molecule has 1 fully saturated rings. The number of hydrogen-bond acceptors (Lipinski definition) is 5. The van der Waals surface area contributed by atoms with E-state index < -0.39 is 0 Å². The molecule has 1 atom stereocenters. The largest absolute Gasteiger partial charge is 0.379 e. The number of carbonyl (C=O) groups excluding carboxylic acids is 2. The summed E-state index contributed by atoms with van der Waals surface area (Å²) < 4.78 is 21.0. The molecule has 1 N–H and O–H groups in total. The number of hydrazone groups is 1. The van der Waals surface area contributed by atoms with E-state index in [0.717, 1.165) is 30.1 Å². The van der Waals surface area contributed by atoms with E-state index in [1.807, 2.05) is 43.8 Å². The first kappa shape index (κ1) is 25.8. The maximum absolute atomic E-state index is 13.6. The number of aryl methyl sites for hydroxylation is 1. The van der Waals surface area contributed by atoms with Crippen LogP contribution in [0.3, 0.4) is 0 Å². The number of amides is 3. The summed E-state index contributed by atoms with van der Waals surface area (Å²) in [6.45, 7) is 7.68. The lowest BCUT2D eigenvalue weighted by Gasteiger charge is -2.31. The van der Waals surface area contributed by atoms with Gasteiger partial charge in [0, 0.05) is 51.9 Å². The number of ether oxygens (including phenoxy) is 1. The van der Waals surface area contributed by atoms with Gasteiger partial charge in [0.25, 0.3) is 5.91 Å². The molecular formula is C26H35FN6O3. The first-order valence-corrected chi connectivity index (χ1v) is 12.4. The minimum absolute atomic E-state index is 0.0563. The van der Waals surface area contributed by atoms with E-state index in [4.69, 9.17) is 9.84 Å². The van der Waals surface area contributed by atoms with Crippen LogP contribution >= 0.6 is 0 Å². The molecule has 0 unspecified atom stereocenters. The Kier molecular flexibility index (Phi) is 8.37. The van der Waals surface area contributed by atoms with Crippen molar-refractivity contribution in [2.75, 3.05) is 45.9 Å². The van der Waals surface area contributed by atoms with Crippen LogP contribution in [0.1, 0.15) is 37.6 Å². The third-order valence-corrected chi connectivity index (χ3v) is 6.48. The summed E-state index contributed by atoms with van der Waals surface area (Å²) in [4.78, 5) is 30.4. The number of urea groups is 1. The number of aromatic nitrogens is 1. The summed E-state index contributed by atoms with van der Waals surface area (Å²) in [6.07, 6.45) is 2.43. The third kappa shape index (κ3) is 6.30. The van der Waals surface area contributed by atoms with Gasteiger partial charge in [0.05, 0.1) is 30.7 Å². The molecule has 0 saturated carbocycles. The average Bonchev–Trinajstić information content (AvgIpc) is 3.48. The van der Waals surface area contributed by atoms with Gasteiger partial charge in [-0.15, -0.1) is 0 Å². The SMILES string of the molecule is CC(C)NC(=O)N(CCN1CCOCC1)CC(=O)N1N=C(c2cccn2C)C[C@H]1c1ccc(F)cc1. The number of hydrogen-bond donors (Lipinski definition) is 1. The van der Waals surface area contributed by atoms with Crippen LogP contribution in [0.4, 0.5) is 9.18 Å². The summed E-state index contributed by atoms with van der Waals surface area (Å²) in [5, 5.41) is 9.06. The topological polar surface area (TPSA) is 82.4 Å². The third-order valence-electron chi connectivity index (χ3n) is 6.48. The van der Waals surface area contributed by atoms with Crippen LogP contribution in [0.25, 0.3) is 0 Å². The molecular weight excluding hydrogens is 463 g/mol. The second kappa shape index (κ2) is 11.7. The number of carbonyl (C=O) groups is 2. The molecule has 1 aromatic heterocycles. The Labute approximate surface area is 211 Å². The molecule has 36 heavy (non-hydrogen) atoms. The van der Waals surface area contributed by atoms with E-state index in [-0.39, 0.29) is 36.4 Å². The number of benzene rings is 1. The minimum atomic E-state index is -0.378. The number of rotatable bonds is 8. The van der Waals surface area contributed by atoms with Gasteiger partial charge >= 0.3 is 6.03 Å². The molecule has 9 nitrogen and oxygen atoms in total. The molecule has 0 aliphatic carbocycles. The van der Waals surface area contributed by atoms with Gasteiger partial charge in [0.15, 0.2) is 0 Å². The van der Waals surface area contributed by atoms with Gasteiger partial charge in [0.1, 0.15) is 12.4 Å². The van der Waals surface area contributed by atoms with E-state index in [1.165, 1.54) is 17.1 Å². The molecule has 3 amide bonds. The maximum Gasteiger partial charge on any atom is 0.318 e. The predicted molar refractivity (Wildman–Crippen MR) is 135 cm³/mol. The number of morpholine rings is 1. The van der Waals surface area contributed by atoms with Crippen molar-refractivity contribution in [2.45, 2.75) is 32.4 Å². The lowest BCUT2D eigenvalue weighted by Crippen LogP contribution is -2.50. The first-order chi connectivity index (χ1) is 17.3. The summed E-state index contributed by atoms with van der Waals surface area (Å²) in [7, 11) is 1.93. The highest BCUT2D eigenvalue weighted by Gasteiger charge is 2.35. The van der Waals surface area contributed by atoms with Crippen molar-refractivity contribution >= 4 is 17.6 Å². The molecule has 0 radical (unpaired) electrons. The number of nitrogens with one attached hydrogen (secondary N) is 1. The number of halogens is 1. The fraction of sp³-hybridized carbons (Fsp3) is 0.500. The molecule has 10 heteroatoms. The Balaban J connectivity index is 1.54. The Bertz CT molecular complexity index is 1080. The number of nitrogens with zero attached hydrogens (tertiary/aromatic N) is 5. The molecule has 0 spiro atoms. The van der Waals surface area contributed by atoms with Crippen molar-refractivity contribution in [1.29, 1.82) is 0 Å². The zero-order valence-electron chi connectivity index (χ0n) is 21.2. The van der Waals surface area contributed by atoms with Crippen LogP contribution < -0.4 is 5.32 Å². The van der Waals surface area contributed by atoms with Crippen molar-refractivity contribution in [2.24, 2.45) is 12.1 Å². The average molecular weight is 499 g/mol. The van der Waals surface area contributed by atoms with Gasteiger partial charge < -0.3 is 19.5 Å². The van der Waals surface area contributed by atoms with Crippen LogP contribution in [-0.2, 0) is 16.6 Å². The van der Waals surface area contributed by atoms with Crippen molar-refractivity contribution in [3.8, 4) is 0 Å². The zero-order chi connectivity index (χ0) is 25.7. The fourth-order valence-electron chi connectivity index (χ4n) is 4.51. The summed E-state index contributed by atoms with van der Waals surface area (Å²) in [5.41, 5.74) is 2.49. The minimum Gasteiger partial charge on any atom is -0.379 e. The second-order valence-electron chi connectivity index (χ2n) is 9.54. The monoisotopic (exact) mass is 498 g/mol. The van der Waals surface area contributed by atoms with E-state index in [9.17, 15) is 14.0 Å². The highest BCUT2D eigenvalue weighted by atomic mass is 19.1. The molecule has 2 aromatic rings. The Morgan fingerprint density at radius 3 is 2.56 bits per heavy atom. The maximum atomic E-state index is 13.6. The van der Waals surface area contributed by atoms with Crippen LogP contribution in [0, 0.1) is 5.82 Å². The summed E-state index contributed by atoms with van der Waals surface area (Å²) in [5.74, 6) is -0.618. The van der Waals surface area contributed by atoms with Crippen molar-refractivity contribution in [1.82, 2.24) is 24.7 Å². The van der Waals surface area contributed by atoms with Gasteiger partial charge in [-0.3, -0.25) is 9.69 Å². The normalized spacial score (nSPS) is 18.4. The highest BCUT2D eigenvalue weighted by molar-refractivity contribution is 6.02. The van der Waals surface area contributed by atoms with Crippen molar-refractivity contribution < 1.29 is 18.7 Å². The molecule has 0 bridgehead atoms. The zero-order valence-corrected chi connectivity index (χ0v) is 21.2. The van der Waals surface area contributed by atoms with E-state index in [0.29, 0.717) is 32.7 Å². The van der Waals surface area contributed by atoms with Gasteiger partial charge in [-0.1, -0.05) is 12.1 Å². The van der Waals surface area contributed by atoms with Crippen molar-refractivity contribution in [3.63, 3.8) is 0 Å². The molecule has 4 rings (SSSR count). The highest BCUT2D eigenvalue weighted by Crippen LogP contribution is 2.33. The molecule has 1 aromatic carbocycles. The summed E-state index contributed by atoms with van der Waals surface area (Å²) >= 11 is 0. The van der Waals surface area contributed by atoms with Crippen LogP contribution in [-0.4, -0.2) is 89.0 Å². The van der Waals surface area contributed by atoms with E-state index >= 15 is 0 Å². The molecule has 3 heterocycles. The molecule has 1 saturated heterocycles. The summed E-state index contributed by atoms with van der Waals surface area (Å²) in [6, 6.07) is 9.33. The molecule has 2 aliphatic rings.